The summed E-state index contributed by atoms with van der Waals surface area (Å²) in [7, 11) is 0. The molecule has 174 valence electrons. The van der Waals surface area contributed by atoms with Crippen LogP contribution in [0.1, 0.15) is 30.7 Å². The maximum Gasteiger partial charge on any atom is 0.183 e. The first-order valence-electron chi connectivity index (χ1n) is 11.6. The van der Waals surface area contributed by atoms with Crippen molar-refractivity contribution < 1.29 is 9.47 Å². The van der Waals surface area contributed by atoms with E-state index in [9.17, 15) is 0 Å². The topological polar surface area (TPSA) is 79.4 Å². The van der Waals surface area contributed by atoms with Crippen LogP contribution >= 0.6 is 0 Å². The lowest BCUT2D eigenvalue weighted by atomic mass is 10.1. The minimum Gasteiger partial charge on any atom is -0.490 e. The predicted molar refractivity (Wildman–Crippen MR) is 131 cm³/mol. The Hall–Kier alpha value is -3.94. The van der Waals surface area contributed by atoms with Crippen LogP contribution in [0, 0.1) is 13.8 Å². The van der Waals surface area contributed by atoms with Crippen LogP contribution in [0.5, 0.6) is 11.5 Å². The molecule has 0 radical (unpaired) electrons. The molecule has 4 aromatic heterocycles. The average Bonchev–Trinajstić information content (AvgIpc) is 3.39. The lowest BCUT2D eigenvalue weighted by Crippen LogP contribution is -2.05. The smallest absolute Gasteiger partial charge is 0.183 e. The van der Waals surface area contributed by atoms with Crippen LogP contribution in [-0.4, -0.2) is 42.3 Å². The van der Waals surface area contributed by atoms with E-state index >= 15 is 0 Å². The number of aromatic nitrogens is 6. The maximum atomic E-state index is 5.80. The minimum absolute atomic E-state index is 0.601. The van der Waals surface area contributed by atoms with Gasteiger partial charge in [0.2, 0.25) is 0 Å². The van der Waals surface area contributed by atoms with Gasteiger partial charge in [0.15, 0.2) is 23.0 Å². The minimum atomic E-state index is 0.601. The van der Waals surface area contributed by atoms with E-state index in [1.54, 1.807) is 23.2 Å². The van der Waals surface area contributed by atoms with Gasteiger partial charge in [-0.3, -0.25) is 4.98 Å². The number of nitrogens with zero attached hydrogens (tertiary/aromatic N) is 6. The van der Waals surface area contributed by atoms with Crippen molar-refractivity contribution in [3.63, 3.8) is 0 Å². The van der Waals surface area contributed by atoms with Crippen LogP contribution in [0.4, 0.5) is 0 Å². The van der Waals surface area contributed by atoms with Crippen molar-refractivity contribution in [2.45, 2.75) is 40.7 Å². The molecule has 0 amide bonds. The number of benzene rings is 1. The fourth-order valence-corrected chi connectivity index (χ4v) is 4.31. The van der Waals surface area contributed by atoms with Crippen LogP contribution < -0.4 is 9.47 Å². The fourth-order valence-electron chi connectivity index (χ4n) is 4.31. The molecule has 0 atom stereocenters. The number of fused-ring (bicyclic) bond motifs is 3. The van der Waals surface area contributed by atoms with Gasteiger partial charge in [-0.05, 0) is 69.5 Å². The average molecular weight is 457 g/mol. The van der Waals surface area contributed by atoms with Crippen LogP contribution in [0.25, 0.3) is 28.1 Å². The molecule has 1 aromatic carbocycles. The number of aryl methyl sites for hydroxylation is 3. The Balaban J connectivity index is 1.50. The Morgan fingerprint density at radius 2 is 1.79 bits per heavy atom. The van der Waals surface area contributed by atoms with E-state index in [0.29, 0.717) is 19.0 Å². The zero-order valence-electron chi connectivity index (χ0n) is 19.9. The molecule has 0 aliphatic carbocycles. The summed E-state index contributed by atoms with van der Waals surface area (Å²) in [5.41, 5.74) is 6.14. The Kier molecular flexibility index (Phi) is 5.88. The van der Waals surface area contributed by atoms with Crippen LogP contribution in [0.15, 0.2) is 49.1 Å². The second-order valence-electron chi connectivity index (χ2n) is 8.15. The van der Waals surface area contributed by atoms with Crippen molar-refractivity contribution >= 4 is 16.7 Å². The quantitative estimate of drug-likeness (QED) is 0.334. The summed E-state index contributed by atoms with van der Waals surface area (Å²) in [6.45, 7) is 10.2. The second kappa shape index (κ2) is 9.13. The molecule has 0 spiro atoms. The van der Waals surface area contributed by atoms with Crippen LogP contribution in [-0.2, 0) is 13.0 Å². The highest BCUT2D eigenvalue weighted by molar-refractivity contribution is 5.94. The number of hydrogen-bond donors (Lipinski definition) is 0. The van der Waals surface area contributed by atoms with Crippen molar-refractivity contribution in [1.29, 1.82) is 0 Å². The molecule has 0 bridgehead atoms. The molecule has 8 nitrogen and oxygen atoms in total. The molecular weight excluding hydrogens is 428 g/mol. The summed E-state index contributed by atoms with van der Waals surface area (Å²) in [6.07, 6.45) is 6.10. The largest absolute Gasteiger partial charge is 0.490 e. The first-order valence-corrected chi connectivity index (χ1v) is 11.6. The van der Waals surface area contributed by atoms with Gasteiger partial charge < -0.3 is 14.0 Å². The van der Waals surface area contributed by atoms with Crippen molar-refractivity contribution in [2.75, 3.05) is 13.2 Å². The third-order valence-corrected chi connectivity index (χ3v) is 6.10. The van der Waals surface area contributed by atoms with Gasteiger partial charge in [0.1, 0.15) is 12.0 Å². The van der Waals surface area contributed by atoms with Crippen molar-refractivity contribution in [3.05, 3.63) is 65.9 Å². The normalized spacial score (nSPS) is 11.4. The van der Waals surface area contributed by atoms with E-state index in [4.69, 9.17) is 19.4 Å². The Morgan fingerprint density at radius 3 is 2.56 bits per heavy atom. The maximum absolute atomic E-state index is 5.80. The zero-order chi connectivity index (χ0) is 23.7. The number of hydrogen-bond acceptors (Lipinski definition) is 6. The second-order valence-corrected chi connectivity index (χ2v) is 8.15. The fraction of sp³-hybridized carbons (Fsp3) is 0.308. The van der Waals surface area contributed by atoms with Gasteiger partial charge >= 0.3 is 0 Å². The van der Waals surface area contributed by atoms with E-state index in [2.05, 4.69) is 40.6 Å². The summed E-state index contributed by atoms with van der Waals surface area (Å²) >= 11 is 0. The van der Waals surface area contributed by atoms with E-state index in [1.807, 2.05) is 32.0 Å². The molecule has 34 heavy (non-hydrogen) atoms. The number of rotatable bonds is 8. The molecule has 0 saturated carbocycles. The summed E-state index contributed by atoms with van der Waals surface area (Å²) in [6, 6.07) is 10.0. The van der Waals surface area contributed by atoms with Crippen molar-refractivity contribution in [1.82, 2.24) is 29.1 Å². The Labute approximate surface area is 198 Å². The van der Waals surface area contributed by atoms with E-state index in [0.717, 1.165) is 46.7 Å². The molecule has 4 heterocycles. The monoisotopic (exact) mass is 456 g/mol. The van der Waals surface area contributed by atoms with Gasteiger partial charge in [0, 0.05) is 30.2 Å². The standard InChI is InChI=1S/C26H28N6O2/c1-5-33-21-10-9-19(14-22(21)34-6-2)11-13-31-18(4)17(3)23-25(31)28-16-32-26(23)29-24(30-32)20-8-7-12-27-15-20/h7-10,12,14-16H,5-6,11,13H2,1-4H3. The van der Waals surface area contributed by atoms with Crippen molar-refractivity contribution in [3.8, 4) is 22.9 Å². The summed E-state index contributed by atoms with van der Waals surface area (Å²) < 4.78 is 15.5. The highest BCUT2D eigenvalue weighted by Crippen LogP contribution is 2.31. The van der Waals surface area contributed by atoms with Gasteiger partial charge in [-0.15, -0.1) is 5.10 Å². The molecule has 0 fully saturated rings. The first-order chi connectivity index (χ1) is 16.6. The van der Waals surface area contributed by atoms with Gasteiger partial charge in [-0.25, -0.2) is 14.5 Å². The molecule has 0 N–H and O–H groups in total. The molecule has 0 aliphatic heterocycles. The zero-order valence-corrected chi connectivity index (χ0v) is 19.9. The number of ether oxygens (including phenoxy) is 2. The highest BCUT2D eigenvalue weighted by Gasteiger charge is 2.18. The first kappa shape index (κ1) is 21.9. The van der Waals surface area contributed by atoms with E-state index in [-0.39, 0.29) is 0 Å². The van der Waals surface area contributed by atoms with E-state index < -0.39 is 0 Å². The molecule has 5 rings (SSSR count). The molecule has 0 aliphatic rings. The molecule has 5 aromatic rings. The van der Waals surface area contributed by atoms with Gasteiger partial charge in [0.25, 0.3) is 0 Å². The van der Waals surface area contributed by atoms with Gasteiger partial charge in [0.05, 0.1) is 18.6 Å². The third-order valence-electron chi connectivity index (χ3n) is 6.10. The molecule has 8 heteroatoms. The summed E-state index contributed by atoms with van der Waals surface area (Å²) in [5.74, 6) is 2.22. The van der Waals surface area contributed by atoms with Crippen LogP contribution in [0.2, 0.25) is 0 Å². The Bertz CT molecular complexity index is 1460. The lowest BCUT2D eigenvalue weighted by Gasteiger charge is -2.13. The molecule has 0 unspecified atom stereocenters. The molecular formula is C26H28N6O2. The van der Waals surface area contributed by atoms with Crippen molar-refractivity contribution in [2.24, 2.45) is 0 Å². The highest BCUT2D eigenvalue weighted by atomic mass is 16.5. The number of pyridine rings is 1. The lowest BCUT2D eigenvalue weighted by molar-refractivity contribution is 0.287. The summed E-state index contributed by atoms with van der Waals surface area (Å²) in [5, 5.41) is 5.66. The van der Waals surface area contributed by atoms with E-state index in [1.165, 1.54) is 16.8 Å². The van der Waals surface area contributed by atoms with Gasteiger partial charge in [-0.1, -0.05) is 6.07 Å². The SMILES string of the molecule is CCOc1ccc(CCn2c(C)c(C)c3c2ncn2nc(-c4cccnc4)nc32)cc1OCC. The summed E-state index contributed by atoms with van der Waals surface area (Å²) in [4.78, 5) is 13.8. The Morgan fingerprint density at radius 1 is 0.971 bits per heavy atom. The van der Waals surface area contributed by atoms with Crippen LogP contribution in [0.3, 0.4) is 0 Å². The predicted octanol–water partition coefficient (Wildman–Crippen LogP) is 4.80. The molecule has 0 saturated heterocycles. The van der Waals surface area contributed by atoms with Gasteiger partial charge in [-0.2, -0.15) is 0 Å². The third kappa shape index (κ3) is 3.85.